The standard InChI is InChI=1S/C21H32O/c1-4-14-6-8-18-17-7-5-15-13-16(22)9-11-21(15,3)19(17)10-12-20(14,18)2/h6,13,16-19,22H,4-5,7-12H2,1-3H3/t16-,17?,18?,19?,20-,21+/m1/s1. The molecule has 0 bridgehead atoms. The Morgan fingerprint density at radius 2 is 1.86 bits per heavy atom. The predicted molar refractivity (Wildman–Crippen MR) is 91.5 cm³/mol. The molecule has 4 aliphatic rings. The molecular weight excluding hydrogens is 268 g/mol. The van der Waals surface area contributed by atoms with E-state index in [9.17, 15) is 5.11 Å². The van der Waals surface area contributed by atoms with Gasteiger partial charge in [0, 0.05) is 0 Å². The first-order valence-electron chi connectivity index (χ1n) is 9.58. The lowest BCUT2D eigenvalue weighted by Crippen LogP contribution is -2.50. The van der Waals surface area contributed by atoms with Crippen molar-refractivity contribution >= 4 is 0 Å². The van der Waals surface area contributed by atoms with Gasteiger partial charge in [-0.05, 0) is 80.0 Å². The van der Waals surface area contributed by atoms with Crippen molar-refractivity contribution in [3.8, 4) is 0 Å². The Morgan fingerprint density at radius 1 is 1.09 bits per heavy atom. The molecule has 0 spiro atoms. The summed E-state index contributed by atoms with van der Waals surface area (Å²) in [7, 11) is 0. The van der Waals surface area contributed by atoms with Crippen LogP contribution in [-0.2, 0) is 0 Å². The molecule has 2 fully saturated rings. The van der Waals surface area contributed by atoms with Gasteiger partial charge in [-0.2, -0.15) is 0 Å². The molecule has 0 aromatic rings. The number of hydrogen-bond acceptors (Lipinski definition) is 1. The van der Waals surface area contributed by atoms with E-state index in [1.54, 1.807) is 11.1 Å². The van der Waals surface area contributed by atoms with E-state index in [2.05, 4.69) is 32.9 Å². The Hall–Kier alpha value is -0.560. The molecule has 0 aromatic heterocycles. The van der Waals surface area contributed by atoms with Gasteiger partial charge in [-0.15, -0.1) is 0 Å². The average molecular weight is 300 g/mol. The maximum atomic E-state index is 10.0. The molecule has 122 valence electrons. The highest BCUT2D eigenvalue weighted by Gasteiger charge is 2.56. The Balaban J connectivity index is 1.66. The highest BCUT2D eigenvalue weighted by atomic mass is 16.3. The van der Waals surface area contributed by atoms with Gasteiger partial charge in [-0.1, -0.05) is 44.1 Å². The third-order valence-corrected chi connectivity index (χ3v) is 8.21. The highest BCUT2D eigenvalue weighted by molar-refractivity contribution is 5.29. The van der Waals surface area contributed by atoms with E-state index in [0.717, 1.165) is 24.2 Å². The van der Waals surface area contributed by atoms with Crippen LogP contribution in [0.3, 0.4) is 0 Å². The van der Waals surface area contributed by atoms with Gasteiger partial charge in [0.1, 0.15) is 0 Å². The van der Waals surface area contributed by atoms with Crippen molar-refractivity contribution in [1.82, 2.24) is 0 Å². The largest absolute Gasteiger partial charge is 0.389 e. The number of aliphatic hydroxyl groups is 1. The van der Waals surface area contributed by atoms with Crippen LogP contribution in [0.5, 0.6) is 0 Å². The van der Waals surface area contributed by atoms with Gasteiger partial charge in [0.25, 0.3) is 0 Å². The van der Waals surface area contributed by atoms with E-state index in [1.807, 2.05) is 0 Å². The molecule has 1 heteroatoms. The van der Waals surface area contributed by atoms with Crippen LogP contribution < -0.4 is 0 Å². The zero-order valence-electron chi connectivity index (χ0n) is 14.6. The molecule has 2 saturated carbocycles. The fourth-order valence-corrected chi connectivity index (χ4v) is 6.91. The molecule has 1 nitrogen and oxygen atoms in total. The minimum Gasteiger partial charge on any atom is -0.389 e. The van der Waals surface area contributed by atoms with Crippen LogP contribution >= 0.6 is 0 Å². The first-order valence-corrected chi connectivity index (χ1v) is 9.58. The summed E-state index contributed by atoms with van der Waals surface area (Å²) in [5.41, 5.74) is 4.24. The van der Waals surface area contributed by atoms with Crippen LogP contribution in [0.4, 0.5) is 0 Å². The normalized spacial score (nSPS) is 50.5. The van der Waals surface area contributed by atoms with Gasteiger partial charge in [0.2, 0.25) is 0 Å². The summed E-state index contributed by atoms with van der Waals surface area (Å²) in [6.45, 7) is 7.43. The summed E-state index contributed by atoms with van der Waals surface area (Å²) in [5.74, 6) is 2.67. The molecule has 4 rings (SSSR count). The number of rotatable bonds is 1. The second-order valence-corrected chi connectivity index (χ2v) is 8.91. The third-order valence-electron chi connectivity index (χ3n) is 8.21. The second kappa shape index (κ2) is 4.97. The smallest absolute Gasteiger partial charge is 0.0724 e. The first-order chi connectivity index (χ1) is 10.5. The van der Waals surface area contributed by atoms with Crippen LogP contribution in [0.25, 0.3) is 0 Å². The molecule has 0 aliphatic heterocycles. The zero-order chi connectivity index (χ0) is 15.5. The van der Waals surface area contributed by atoms with E-state index < -0.39 is 0 Å². The van der Waals surface area contributed by atoms with Crippen molar-refractivity contribution in [2.45, 2.75) is 78.2 Å². The van der Waals surface area contributed by atoms with Gasteiger partial charge in [0.15, 0.2) is 0 Å². The maximum Gasteiger partial charge on any atom is 0.0724 e. The Bertz CT molecular complexity index is 530. The Kier molecular flexibility index (Phi) is 3.39. The van der Waals surface area contributed by atoms with Crippen molar-refractivity contribution in [2.75, 3.05) is 0 Å². The van der Waals surface area contributed by atoms with Crippen LogP contribution in [0, 0.1) is 28.6 Å². The quantitative estimate of drug-likeness (QED) is 0.655. The van der Waals surface area contributed by atoms with Gasteiger partial charge in [-0.3, -0.25) is 0 Å². The summed E-state index contributed by atoms with van der Waals surface area (Å²) < 4.78 is 0. The summed E-state index contributed by atoms with van der Waals surface area (Å²) in [6, 6.07) is 0. The van der Waals surface area contributed by atoms with Gasteiger partial charge in [-0.25, -0.2) is 0 Å². The molecule has 3 unspecified atom stereocenters. The lowest BCUT2D eigenvalue weighted by Gasteiger charge is -2.58. The van der Waals surface area contributed by atoms with Gasteiger partial charge < -0.3 is 5.11 Å². The highest BCUT2D eigenvalue weighted by Crippen LogP contribution is 2.65. The Labute approximate surface area is 135 Å². The van der Waals surface area contributed by atoms with E-state index >= 15 is 0 Å². The lowest BCUT2D eigenvalue weighted by atomic mass is 9.47. The molecule has 22 heavy (non-hydrogen) atoms. The zero-order valence-corrected chi connectivity index (χ0v) is 14.6. The lowest BCUT2D eigenvalue weighted by molar-refractivity contribution is -0.0347. The van der Waals surface area contributed by atoms with Gasteiger partial charge >= 0.3 is 0 Å². The maximum absolute atomic E-state index is 10.0. The minimum atomic E-state index is -0.173. The monoisotopic (exact) mass is 300 g/mol. The third kappa shape index (κ3) is 1.87. The SMILES string of the molecule is CCC1=CCC2C3CCC4=C[C@H](O)CC[C@]4(C)C3CC[C@]12C. The van der Waals surface area contributed by atoms with E-state index in [4.69, 9.17) is 0 Å². The molecule has 4 aliphatic carbocycles. The van der Waals surface area contributed by atoms with Crippen molar-refractivity contribution in [2.24, 2.45) is 28.6 Å². The number of allylic oxidation sites excluding steroid dienone is 3. The fraction of sp³-hybridized carbons (Fsp3) is 0.810. The summed E-state index contributed by atoms with van der Waals surface area (Å²) >= 11 is 0. The van der Waals surface area contributed by atoms with Crippen molar-refractivity contribution in [1.29, 1.82) is 0 Å². The van der Waals surface area contributed by atoms with Crippen LogP contribution in [0.1, 0.15) is 72.1 Å². The number of hydrogen-bond donors (Lipinski definition) is 1. The second-order valence-electron chi connectivity index (χ2n) is 8.91. The minimum absolute atomic E-state index is 0.173. The van der Waals surface area contributed by atoms with Crippen LogP contribution in [0.15, 0.2) is 23.3 Å². The predicted octanol–water partition coefficient (Wildman–Crippen LogP) is 5.26. The molecule has 0 heterocycles. The summed E-state index contributed by atoms with van der Waals surface area (Å²) in [4.78, 5) is 0. The fourth-order valence-electron chi connectivity index (χ4n) is 6.91. The molecule has 0 amide bonds. The molecule has 1 N–H and O–H groups in total. The van der Waals surface area contributed by atoms with E-state index in [1.165, 1.54) is 44.9 Å². The molecule has 0 saturated heterocycles. The molecular formula is C21H32O. The van der Waals surface area contributed by atoms with Crippen LogP contribution in [-0.4, -0.2) is 11.2 Å². The first kappa shape index (κ1) is 15.0. The molecule has 6 atom stereocenters. The number of fused-ring (bicyclic) bond motifs is 5. The molecule has 0 aromatic carbocycles. The van der Waals surface area contributed by atoms with Crippen LogP contribution in [0.2, 0.25) is 0 Å². The number of aliphatic hydroxyl groups excluding tert-OH is 1. The topological polar surface area (TPSA) is 20.2 Å². The molecule has 0 radical (unpaired) electrons. The van der Waals surface area contributed by atoms with E-state index in [-0.39, 0.29) is 6.10 Å². The van der Waals surface area contributed by atoms with E-state index in [0.29, 0.717) is 10.8 Å². The van der Waals surface area contributed by atoms with Crippen molar-refractivity contribution in [3.05, 3.63) is 23.3 Å². The average Bonchev–Trinajstić information content (AvgIpc) is 2.84. The summed E-state index contributed by atoms with van der Waals surface area (Å²) in [5, 5.41) is 10.0. The van der Waals surface area contributed by atoms with Gasteiger partial charge in [0.05, 0.1) is 6.10 Å². The van der Waals surface area contributed by atoms with Crippen molar-refractivity contribution in [3.63, 3.8) is 0 Å². The Morgan fingerprint density at radius 3 is 2.64 bits per heavy atom. The van der Waals surface area contributed by atoms with Crippen molar-refractivity contribution < 1.29 is 5.11 Å². The summed E-state index contributed by atoms with van der Waals surface area (Å²) in [6.07, 6.45) is 14.8.